The SMILES string of the molecule is C/C=C/C[C@@H](C)[C@@H](O)[C@H]1C(=O)N[C@@H](CC)C(=O)N(C)[C@H](C)C(=O)N(C)[C@@H]([C@H](C)COC)C(=O)C[C@@H](C(C)C)C(=O)N(C)[C@@H](CC(C)C)C(=O)C[C@@H](C)C(=O)C[C@H](C)C(=O)N(C)[C@@H](CC(C)C)C(=O)N(C)[C@@H](CC(C)C)C(=O)N(C)[C@@H](C(C)C)C(=O)N1C. The van der Waals surface area contributed by atoms with Gasteiger partial charge in [0.2, 0.25) is 47.3 Å². The van der Waals surface area contributed by atoms with Gasteiger partial charge < -0.3 is 49.5 Å². The summed E-state index contributed by atoms with van der Waals surface area (Å²) in [4.78, 5) is 171. The molecule has 1 heterocycles. The van der Waals surface area contributed by atoms with Crippen molar-refractivity contribution in [3.05, 3.63) is 12.2 Å². The zero-order chi connectivity index (χ0) is 67.6. The lowest BCUT2D eigenvalue weighted by Gasteiger charge is -2.41. The molecule has 1 saturated heterocycles. The second-order valence-corrected chi connectivity index (χ2v) is 27.2. The number of aliphatic hydroxyl groups excluding tert-OH is 1. The molecular weight excluding hydrogens is 1110 g/mol. The predicted octanol–water partition coefficient (Wildman–Crippen LogP) is 6.17. The largest absolute Gasteiger partial charge is 0.390 e. The molecule has 0 unspecified atom stereocenters. The molecule has 0 aromatic rings. The number of hydrogen-bond donors (Lipinski definition) is 2. The van der Waals surface area contributed by atoms with E-state index in [0.29, 0.717) is 6.42 Å². The average molecular weight is 1230 g/mol. The van der Waals surface area contributed by atoms with E-state index in [1.54, 1.807) is 75.3 Å². The quantitative estimate of drug-likeness (QED) is 0.164. The first-order valence-corrected chi connectivity index (χ1v) is 31.7. The van der Waals surface area contributed by atoms with Gasteiger partial charge in [0.15, 0.2) is 11.6 Å². The Morgan fingerprint density at radius 1 is 0.506 bits per heavy atom. The number of carbonyl (C=O) groups is 11. The Balaban J connectivity index is 4.40. The van der Waals surface area contributed by atoms with Gasteiger partial charge in [0.1, 0.15) is 42.0 Å². The van der Waals surface area contributed by atoms with Gasteiger partial charge in [-0.1, -0.05) is 116 Å². The van der Waals surface area contributed by atoms with Crippen molar-refractivity contribution in [3.63, 3.8) is 0 Å². The average Bonchev–Trinajstić information content (AvgIpc) is 1.38. The fraction of sp³-hybridized carbons (Fsp3) is 0.803. The molecule has 0 bridgehead atoms. The fourth-order valence-electron chi connectivity index (χ4n) is 12.0. The number of aliphatic hydroxyl groups is 1. The summed E-state index contributed by atoms with van der Waals surface area (Å²) in [7, 11) is 11.6. The van der Waals surface area contributed by atoms with E-state index in [0.717, 1.165) is 9.80 Å². The summed E-state index contributed by atoms with van der Waals surface area (Å²) >= 11 is 0. The minimum Gasteiger partial charge on any atom is -0.390 e. The molecule has 87 heavy (non-hydrogen) atoms. The van der Waals surface area contributed by atoms with Crippen LogP contribution in [0, 0.1) is 59.2 Å². The molecule has 21 nitrogen and oxygen atoms in total. The van der Waals surface area contributed by atoms with Gasteiger partial charge in [-0.05, 0) is 81.5 Å². The Labute approximate surface area is 522 Å². The van der Waals surface area contributed by atoms with Crippen molar-refractivity contribution in [2.24, 2.45) is 59.2 Å². The van der Waals surface area contributed by atoms with Crippen LogP contribution in [0.15, 0.2) is 12.2 Å². The van der Waals surface area contributed by atoms with Crippen molar-refractivity contribution < 1.29 is 62.6 Å². The number of allylic oxidation sites excluding steroid dienone is 2. The third-order valence-electron chi connectivity index (χ3n) is 17.7. The van der Waals surface area contributed by atoms with Gasteiger partial charge in [0.05, 0.1) is 24.8 Å². The number of nitrogens with one attached hydrogen (secondary N) is 1. The van der Waals surface area contributed by atoms with Crippen LogP contribution in [0.5, 0.6) is 0 Å². The highest BCUT2D eigenvalue weighted by atomic mass is 16.5. The summed E-state index contributed by atoms with van der Waals surface area (Å²) in [6, 6.07) is -9.71. The van der Waals surface area contributed by atoms with Gasteiger partial charge in [0, 0.05) is 99.4 Å². The smallest absolute Gasteiger partial charge is 0.246 e. The number of methoxy groups -OCH3 is 1. The molecule has 1 fully saturated rings. The summed E-state index contributed by atoms with van der Waals surface area (Å²) in [5.74, 6) is -11.5. The van der Waals surface area contributed by atoms with E-state index in [2.05, 4.69) is 5.32 Å². The van der Waals surface area contributed by atoms with E-state index in [1.807, 2.05) is 47.6 Å². The number of amides is 8. The number of ether oxygens (including phenoxy) is 1. The summed E-state index contributed by atoms with van der Waals surface area (Å²) in [5, 5.41) is 14.9. The Morgan fingerprint density at radius 3 is 1.41 bits per heavy atom. The van der Waals surface area contributed by atoms with Crippen LogP contribution >= 0.6 is 0 Å². The Bertz CT molecular complexity index is 2370. The molecule has 2 N–H and O–H groups in total. The van der Waals surface area contributed by atoms with Crippen molar-refractivity contribution in [1.82, 2.24) is 39.6 Å². The predicted molar refractivity (Wildman–Crippen MR) is 338 cm³/mol. The monoisotopic (exact) mass is 1230 g/mol. The van der Waals surface area contributed by atoms with Crippen LogP contribution in [0.4, 0.5) is 0 Å². The van der Waals surface area contributed by atoms with E-state index in [-0.39, 0.29) is 80.9 Å². The molecule has 21 heteroatoms. The number of ketones is 3. The molecule has 14 atom stereocenters. The number of Topliss-reactive ketones (excluding diaryl/α,β-unsaturated/α-hetero) is 3. The minimum atomic E-state index is -1.61. The van der Waals surface area contributed by atoms with Gasteiger partial charge in [0.25, 0.3) is 0 Å². The topological polar surface area (TPSA) is 252 Å². The summed E-state index contributed by atoms with van der Waals surface area (Å²) in [5.41, 5.74) is 0. The van der Waals surface area contributed by atoms with Crippen LogP contribution in [0.1, 0.15) is 169 Å². The second-order valence-electron chi connectivity index (χ2n) is 27.2. The summed E-state index contributed by atoms with van der Waals surface area (Å²) in [6.07, 6.45) is 2.22. The van der Waals surface area contributed by atoms with E-state index in [4.69, 9.17) is 4.74 Å². The third-order valence-corrected chi connectivity index (χ3v) is 17.7. The zero-order valence-electron chi connectivity index (χ0n) is 58.0. The van der Waals surface area contributed by atoms with Crippen LogP contribution in [0.2, 0.25) is 0 Å². The second kappa shape index (κ2) is 36.2. The maximum absolute atomic E-state index is 15.2. The fourth-order valence-corrected chi connectivity index (χ4v) is 12.0. The lowest BCUT2D eigenvalue weighted by Crippen LogP contribution is -2.63. The van der Waals surface area contributed by atoms with Gasteiger partial charge in [-0.25, -0.2) is 0 Å². The maximum atomic E-state index is 15.2. The van der Waals surface area contributed by atoms with Crippen LogP contribution in [-0.2, 0) is 57.5 Å². The molecule has 1 rings (SSSR count). The van der Waals surface area contributed by atoms with Gasteiger partial charge in [-0.2, -0.15) is 0 Å². The summed E-state index contributed by atoms with van der Waals surface area (Å²) in [6.45, 7) is 30.1. The molecule has 0 saturated carbocycles. The van der Waals surface area contributed by atoms with Crippen LogP contribution in [0.25, 0.3) is 0 Å². The zero-order valence-corrected chi connectivity index (χ0v) is 58.0. The highest BCUT2D eigenvalue weighted by molar-refractivity contribution is 6.00. The van der Waals surface area contributed by atoms with Gasteiger partial charge in [-0.3, -0.25) is 52.7 Å². The molecule has 0 aromatic carbocycles. The molecular formula is C66H116N8O13. The maximum Gasteiger partial charge on any atom is 0.246 e. The van der Waals surface area contributed by atoms with E-state index >= 15 is 14.4 Å². The first-order chi connectivity index (χ1) is 40.2. The first kappa shape index (κ1) is 79.4. The molecule has 1 aliphatic heterocycles. The normalized spacial score (nSPS) is 28.0. The van der Waals surface area contributed by atoms with E-state index in [1.165, 1.54) is 87.9 Å². The van der Waals surface area contributed by atoms with Gasteiger partial charge >= 0.3 is 0 Å². The van der Waals surface area contributed by atoms with Crippen LogP contribution in [-0.4, -0.2) is 222 Å². The van der Waals surface area contributed by atoms with Crippen molar-refractivity contribution in [1.29, 1.82) is 0 Å². The standard InChI is InChI=1S/C66H116N8O13/c1-26-28-29-42(13)58(78)57-59(79)67-48(27-2)63(83)68(18)46(17)61(81)73(23)56(45(16)36-87-25)54(77)35-47(40(9)10)62(82)69(19)49(30-37(3)4)53(76)33-43(14)52(75)34-44(15)60(80)70(20)50(31-38(5)6)64(84)71(21)51(32-39(7)8)65(85)72(22)55(41(11)12)66(86)74(57)24/h26,28,37-51,55-58,78H,27,29-36H2,1-25H3,(H,67,79)/b28-26+/t42-,43-,44+,45-,46-,47+,48+,49+,50+,51+,55+,56+,57+,58-/m1/s1. The number of hydrogen-bond acceptors (Lipinski definition) is 13. The van der Waals surface area contributed by atoms with E-state index in [9.17, 15) is 43.5 Å². The molecule has 0 spiro atoms. The van der Waals surface area contributed by atoms with E-state index < -0.39 is 149 Å². The Kier molecular flexibility index (Phi) is 33.0. The highest BCUT2D eigenvalue weighted by Gasteiger charge is 2.46. The Hall–Kier alpha value is -5.57. The van der Waals surface area contributed by atoms with Gasteiger partial charge in [-0.15, -0.1) is 0 Å². The van der Waals surface area contributed by atoms with Crippen molar-refractivity contribution >= 4 is 64.6 Å². The number of nitrogens with zero attached hydrogens (tertiary/aromatic N) is 7. The molecule has 0 aromatic heterocycles. The summed E-state index contributed by atoms with van der Waals surface area (Å²) < 4.78 is 5.49. The van der Waals surface area contributed by atoms with Crippen LogP contribution in [0.3, 0.4) is 0 Å². The minimum absolute atomic E-state index is 0.0163. The Morgan fingerprint density at radius 2 is 0.954 bits per heavy atom. The molecule has 0 radical (unpaired) electrons. The van der Waals surface area contributed by atoms with Crippen molar-refractivity contribution in [2.45, 2.75) is 224 Å². The molecule has 0 aliphatic carbocycles. The lowest BCUT2D eigenvalue weighted by molar-refractivity contribution is -0.157. The lowest BCUT2D eigenvalue weighted by atomic mass is 9.83. The molecule has 1 aliphatic rings. The third kappa shape index (κ3) is 21.6. The first-order valence-electron chi connectivity index (χ1n) is 31.7. The number of carbonyl (C=O) groups excluding carboxylic acids is 11. The van der Waals surface area contributed by atoms with Crippen LogP contribution < -0.4 is 5.32 Å². The highest BCUT2D eigenvalue weighted by Crippen LogP contribution is 2.29. The number of rotatable bonds is 16. The van der Waals surface area contributed by atoms with Crippen molar-refractivity contribution in [3.8, 4) is 0 Å². The molecule has 498 valence electrons. The molecule has 8 amide bonds. The number of likely N-dealkylation sites (N-methyl/N-ethyl adjacent to an activating group) is 7. The van der Waals surface area contributed by atoms with Crippen molar-refractivity contribution in [2.75, 3.05) is 63.1 Å².